The lowest BCUT2D eigenvalue weighted by Crippen LogP contribution is -2.10. The summed E-state index contributed by atoms with van der Waals surface area (Å²) in [6, 6.07) is 11.5. The summed E-state index contributed by atoms with van der Waals surface area (Å²) >= 11 is 0. The van der Waals surface area contributed by atoms with E-state index >= 15 is 0 Å². The molecule has 0 saturated heterocycles. The molecule has 2 aromatic carbocycles. The van der Waals surface area contributed by atoms with Crippen LogP contribution in [0.25, 0.3) is 0 Å². The quantitative estimate of drug-likeness (QED) is 0.195. The number of ether oxygens (including phenoxy) is 3. The minimum atomic E-state index is -3.67. The molecule has 0 saturated carbocycles. The normalized spacial score (nSPS) is 10.8. The molecule has 0 atom stereocenters. The van der Waals surface area contributed by atoms with Gasteiger partial charge in [-0.05, 0) is 69.5 Å². The maximum atomic E-state index is 13.4. The van der Waals surface area contributed by atoms with Crippen molar-refractivity contribution >= 4 is 16.0 Å². The molecule has 2 rings (SSSR count). The maximum absolute atomic E-state index is 13.4. The summed E-state index contributed by atoms with van der Waals surface area (Å²) in [5.41, 5.74) is 6.10. The number of nitrogen functional groups attached to an aromatic ring is 1. The fourth-order valence-corrected chi connectivity index (χ4v) is 2.43. The van der Waals surface area contributed by atoms with E-state index in [1.54, 1.807) is 18.2 Å². The van der Waals surface area contributed by atoms with Crippen molar-refractivity contribution in [2.45, 2.75) is 39.2 Å². The molecule has 0 fully saturated rings. The van der Waals surface area contributed by atoms with E-state index in [0.717, 1.165) is 25.0 Å². The van der Waals surface area contributed by atoms with Gasteiger partial charge < -0.3 is 19.9 Å². The summed E-state index contributed by atoms with van der Waals surface area (Å²) in [4.78, 5) is 0. The molecule has 2 aromatic rings. The Morgan fingerprint density at radius 3 is 2.12 bits per heavy atom. The lowest BCUT2D eigenvalue weighted by atomic mass is 10.2. The molecule has 0 radical (unpaired) electrons. The Kier molecular flexibility index (Phi) is 11.5. The third-order valence-corrected chi connectivity index (χ3v) is 3.75. The topological polar surface area (TPSA) is 132 Å². The molecular weight excluding hydrogens is 439 g/mol. The van der Waals surface area contributed by atoms with Gasteiger partial charge in [0.15, 0.2) is 11.5 Å². The number of nitrogens with one attached hydrogen (secondary N) is 1. The van der Waals surface area contributed by atoms with Crippen LogP contribution in [0.15, 0.2) is 42.5 Å². The minimum Gasteiger partial charge on any atom is -0.494 e. The highest BCUT2D eigenvalue weighted by Gasteiger charge is 2.08. The van der Waals surface area contributed by atoms with Gasteiger partial charge in [-0.25, -0.2) is 4.39 Å². The van der Waals surface area contributed by atoms with E-state index in [9.17, 15) is 12.8 Å². The van der Waals surface area contributed by atoms with E-state index in [4.69, 9.17) is 29.9 Å². The molecule has 0 bridgehead atoms. The molecule has 0 aromatic heterocycles. The lowest BCUT2D eigenvalue weighted by molar-refractivity contribution is 0.217. The Balaban J connectivity index is 0.000000920. The van der Waals surface area contributed by atoms with Crippen molar-refractivity contribution in [3.63, 3.8) is 0 Å². The second kappa shape index (κ2) is 13.5. The van der Waals surface area contributed by atoms with Crippen LogP contribution in [0.2, 0.25) is 0 Å². The third kappa shape index (κ3) is 12.8. The second-order valence-electron chi connectivity index (χ2n) is 7.19. The van der Waals surface area contributed by atoms with E-state index in [2.05, 4.69) is 0 Å². The Labute approximate surface area is 188 Å². The van der Waals surface area contributed by atoms with Crippen LogP contribution in [0.1, 0.15) is 38.7 Å². The number of halogens is 1. The van der Waals surface area contributed by atoms with Crippen LogP contribution in [-0.2, 0) is 10.1 Å². The third-order valence-electron chi connectivity index (χ3n) is 3.75. The first-order valence-corrected chi connectivity index (χ1v) is 11.9. The highest BCUT2D eigenvalue weighted by molar-refractivity contribution is 7.85. The number of hydrogen-bond donors (Lipinski definition) is 3. The Bertz CT molecular complexity index is 941. The predicted molar refractivity (Wildman–Crippen MR) is 122 cm³/mol. The minimum absolute atomic E-state index is 0.0455. The van der Waals surface area contributed by atoms with Crippen LogP contribution in [-0.4, -0.2) is 44.4 Å². The fourth-order valence-electron chi connectivity index (χ4n) is 2.43. The Morgan fingerprint density at radius 2 is 1.59 bits per heavy atom. The zero-order valence-electron chi connectivity index (χ0n) is 18.5. The maximum Gasteiger partial charge on any atom is 0.261 e. The van der Waals surface area contributed by atoms with Gasteiger partial charge in [-0.15, -0.1) is 0 Å². The average Bonchev–Trinajstić information content (AvgIpc) is 2.67. The average molecular weight is 471 g/mol. The number of unbranched alkanes of at least 4 members (excludes halogenated alkanes) is 2. The van der Waals surface area contributed by atoms with Gasteiger partial charge >= 0.3 is 0 Å². The summed E-state index contributed by atoms with van der Waals surface area (Å²) < 4.78 is 56.2. The van der Waals surface area contributed by atoms with E-state index in [0.29, 0.717) is 36.5 Å². The van der Waals surface area contributed by atoms with Gasteiger partial charge in [-0.2, -0.15) is 8.42 Å². The smallest absolute Gasteiger partial charge is 0.261 e. The Hall–Kier alpha value is -2.85. The van der Waals surface area contributed by atoms with E-state index in [1.165, 1.54) is 12.1 Å². The SMILES string of the molecule is CC(C)Oc1cc(F)ccc1OCCCCCOc1ccc(C(=N)N)cc1.CS(=O)(=O)O. The molecule has 0 aliphatic heterocycles. The zero-order valence-corrected chi connectivity index (χ0v) is 19.3. The molecule has 10 heteroatoms. The molecule has 0 amide bonds. The van der Waals surface area contributed by atoms with Crippen molar-refractivity contribution in [1.82, 2.24) is 0 Å². The van der Waals surface area contributed by atoms with Gasteiger partial charge in [0.25, 0.3) is 10.1 Å². The van der Waals surface area contributed by atoms with Crippen molar-refractivity contribution in [2.24, 2.45) is 5.73 Å². The van der Waals surface area contributed by atoms with Crippen LogP contribution >= 0.6 is 0 Å². The molecular formula is C22H31FN2O6S. The summed E-state index contributed by atoms with van der Waals surface area (Å²) in [7, 11) is -3.67. The first-order chi connectivity index (χ1) is 15.0. The number of hydrogen-bond acceptors (Lipinski definition) is 6. The second-order valence-corrected chi connectivity index (χ2v) is 8.65. The van der Waals surface area contributed by atoms with Gasteiger partial charge in [0.05, 0.1) is 25.6 Å². The summed E-state index contributed by atoms with van der Waals surface area (Å²) in [5, 5.41) is 7.36. The van der Waals surface area contributed by atoms with Crippen LogP contribution in [0.5, 0.6) is 17.2 Å². The van der Waals surface area contributed by atoms with Crippen molar-refractivity contribution in [2.75, 3.05) is 19.5 Å². The largest absolute Gasteiger partial charge is 0.494 e. The van der Waals surface area contributed by atoms with E-state index < -0.39 is 10.1 Å². The van der Waals surface area contributed by atoms with E-state index in [1.807, 2.05) is 26.0 Å². The number of amidine groups is 1. The molecule has 0 unspecified atom stereocenters. The standard InChI is InChI=1S/C21H27FN2O3.CH4O3S/c1-15(2)27-20-14-17(22)8-11-19(20)26-13-5-3-4-12-25-18-9-6-16(7-10-18)21(23)24;1-5(2,3)4/h6-11,14-15H,3-5,12-13H2,1-2H3,(H3,23,24);1H3,(H,2,3,4). The molecule has 32 heavy (non-hydrogen) atoms. The van der Waals surface area contributed by atoms with Gasteiger partial charge in [0.2, 0.25) is 0 Å². The van der Waals surface area contributed by atoms with Gasteiger partial charge in [-0.1, -0.05) is 0 Å². The molecule has 0 aliphatic rings. The highest BCUT2D eigenvalue weighted by atomic mass is 32.2. The Morgan fingerprint density at radius 1 is 1.03 bits per heavy atom. The fraction of sp³-hybridized carbons (Fsp3) is 0.409. The number of rotatable bonds is 11. The van der Waals surface area contributed by atoms with Crippen molar-refractivity contribution < 1.29 is 31.6 Å². The molecule has 0 spiro atoms. The van der Waals surface area contributed by atoms with Crippen LogP contribution in [0, 0.1) is 11.2 Å². The lowest BCUT2D eigenvalue weighted by Gasteiger charge is -2.15. The van der Waals surface area contributed by atoms with Gasteiger partial charge in [0, 0.05) is 11.6 Å². The summed E-state index contributed by atoms with van der Waals surface area (Å²) in [6.45, 7) is 4.93. The van der Waals surface area contributed by atoms with Crippen LogP contribution in [0.4, 0.5) is 4.39 Å². The zero-order chi connectivity index (χ0) is 24.1. The van der Waals surface area contributed by atoms with Gasteiger partial charge in [-0.3, -0.25) is 9.96 Å². The molecule has 4 N–H and O–H groups in total. The van der Waals surface area contributed by atoms with Gasteiger partial charge in [0.1, 0.15) is 17.4 Å². The molecule has 8 nitrogen and oxygen atoms in total. The molecule has 0 aliphatic carbocycles. The van der Waals surface area contributed by atoms with Crippen molar-refractivity contribution in [3.05, 3.63) is 53.8 Å². The summed E-state index contributed by atoms with van der Waals surface area (Å²) in [5.74, 6) is 1.46. The van der Waals surface area contributed by atoms with Crippen LogP contribution < -0.4 is 19.9 Å². The monoisotopic (exact) mass is 470 g/mol. The van der Waals surface area contributed by atoms with E-state index in [-0.39, 0.29) is 17.8 Å². The molecule has 0 heterocycles. The molecule has 178 valence electrons. The van der Waals surface area contributed by atoms with Crippen LogP contribution in [0.3, 0.4) is 0 Å². The highest BCUT2D eigenvalue weighted by Crippen LogP contribution is 2.29. The number of benzene rings is 2. The first kappa shape index (κ1) is 27.2. The van der Waals surface area contributed by atoms with Crippen molar-refractivity contribution in [3.8, 4) is 17.2 Å². The predicted octanol–water partition coefficient (Wildman–Crippen LogP) is 4.03. The van der Waals surface area contributed by atoms with Crippen molar-refractivity contribution in [1.29, 1.82) is 5.41 Å². The first-order valence-electron chi connectivity index (χ1n) is 10.0. The summed E-state index contributed by atoms with van der Waals surface area (Å²) in [6.07, 6.45) is 3.39. The number of nitrogens with two attached hydrogens (primary N) is 1.